The SMILES string of the molecule is COc1cccc(CNC2CS(=O)(=O)C2)c1. The average Bonchev–Trinajstić information content (AvgIpc) is 2.23. The van der Waals surface area contributed by atoms with Crippen molar-refractivity contribution in [3.05, 3.63) is 29.8 Å². The van der Waals surface area contributed by atoms with Crippen molar-refractivity contribution in [3.8, 4) is 5.75 Å². The molecule has 1 saturated heterocycles. The quantitative estimate of drug-likeness (QED) is 0.838. The molecule has 5 heteroatoms. The second-order valence-electron chi connectivity index (χ2n) is 4.01. The molecule has 1 heterocycles. The fraction of sp³-hybridized carbons (Fsp3) is 0.455. The number of ether oxygens (including phenoxy) is 1. The van der Waals surface area contributed by atoms with E-state index in [1.807, 2.05) is 24.3 Å². The zero-order valence-electron chi connectivity index (χ0n) is 9.14. The van der Waals surface area contributed by atoms with Crippen molar-refractivity contribution in [2.45, 2.75) is 12.6 Å². The first-order valence-electron chi connectivity index (χ1n) is 5.16. The molecule has 1 N–H and O–H groups in total. The molecule has 0 radical (unpaired) electrons. The molecule has 0 bridgehead atoms. The summed E-state index contributed by atoms with van der Waals surface area (Å²) < 4.78 is 27.0. The summed E-state index contributed by atoms with van der Waals surface area (Å²) in [6.07, 6.45) is 0. The normalized spacial score (nSPS) is 19.1. The van der Waals surface area contributed by atoms with Gasteiger partial charge in [0.15, 0.2) is 9.84 Å². The monoisotopic (exact) mass is 241 g/mol. The minimum Gasteiger partial charge on any atom is -0.497 e. The summed E-state index contributed by atoms with van der Waals surface area (Å²) in [5.74, 6) is 1.34. The van der Waals surface area contributed by atoms with Crippen LogP contribution in [0.1, 0.15) is 5.56 Å². The third-order valence-corrected chi connectivity index (χ3v) is 4.46. The first-order valence-corrected chi connectivity index (χ1v) is 6.98. The zero-order valence-corrected chi connectivity index (χ0v) is 9.96. The number of hydrogen-bond acceptors (Lipinski definition) is 4. The fourth-order valence-electron chi connectivity index (χ4n) is 1.73. The maximum Gasteiger partial charge on any atom is 0.153 e. The van der Waals surface area contributed by atoms with Gasteiger partial charge in [0.1, 0.15) is 5.75 Å². The van der Waals surface area contributed by atoms with E-state index in [0.717, 1.165) is 11.3 Å². The number of benzene rings is 1. The molecule has 0 spiro atoms. The molecule has 0 aliphatic carbocycles. The molecule has 0 atom stereocenters. The predicted molar refractivity (Wildman–Crippen MR) is 62.3 cm³/mol. The van der Waals surface area contributed by atoms with E-state index in [-0.39, 0.29) is 17.5 Å². The molecule has 1 aliphatic heterocycles. The van der Waals surface area contributed by atoms with Gasteiger partial charge in [0.2, 0.25) is 0 Å². The van der Waals surface area contributed by atoms with E-state index in [1.54, 1.807) is 7.11 Å². The lowest BCUT2D eigenvalue weighted by molar-refractivity contribution is 0.413. The lowest BCUT2D eigenvalue weighted by Gasteiger charge is -2.26. The highest BCUT2D eigenvalue weighted by Gasteiger charge is 2.32. The Morgan fingerprint density at radius 3 is 2.81 bits per heavy atom. The average molecular weight is 241 g/mol. The standard InChI is InChI=1S/C11H15NO3S/c1-15-11-4-2-3-9(5-11)6-12-10-7-16(13,14)8-10/h2-5,10,12H,6-8H2,1H3. The summed E-state index contributed by atoms with van der Waals surface area (Å²) in [5.41, 5.74) is 1.10. The highest BCUT2D eigenvalue weighted by atomic mass is 32.2. The van der Waals surface area contributed by atoms with E-state index in [1.165, 1.54) is 0 Å². The van der Waals surface area contributed by atoms with E-state index in [4.69, 9.17) is 4.74 Å². The Labute approximate surface area is 95.5 Å². The minimum absolute atomic E-state index is 0.108. The summed E-state index contributed by atoms with van der Waals surface area (Å²) in [5, 5.41) is 3.21. The van der Waals surface area contributed by atoms with E-state index in [9.17, 15) is 8.42 Å². The maximum atomic E-state index is 10.9. The smallest absolute Gasteiger partial charge is 0.153 e. The van der Waals surface area contributed by atoms with Crippen molar-refractivity contribution in [3.63, 3.8) is 0 Å². The largest absolute Gasteiger partial charge is 0.497 e. The van der Waals surface area contributed by atoms with Crippen LogP contribution in [0.25, 0.3) is 0 Å². The van der Waals surface area contributed by atoms with Gasteiger partial charge in [-0.2, -0.15) is 0 Å². The lowest BCUT2D eigenvalue weighted by atomic mass is 10.2. The minimum atomic E-state index is -2.74. The predicted octanol–water partition coefficient (Wildman–Crippen LogP) is 0.582. The van der Waals surface area contributed by atoms with Crippen molar-refractivity contribution in [1.82, 2.24) is 5.32 Å². The molecule has 1 aromatic carbocycles. The Hall–Kier alpha value is -1.07. The van der Waals surface area contributed by atoms with Gasteiger partial charge in [-0.1, -0.05) is 12.1 Å². The van der Waals surface area contributed by atoms with Crippen LogP contribution in [-0.4, -0.2) is 33.1 Å². The van der Waals surface area contributed by atoms with Crippen LogP contribution in [0.2, 0.25) is 0 Å². The summed E-state index contributed by atoms with van der Waals surface area (Å²) in [4.78, 5) is 0. The molecule has 1 aromatic rings. The van der Waals surface area contributed by atoms with Crippen LogP contribution in [0, 0.1) is 0 Å². The molecule has 0 unspecified atom stereocenters. The highest BCUT2D eigenvalue weighted by molar-refractivity contribution is 7.92. The third-order valence-electron chi connectivity index (χ3n) is 2.64. The van der Waals surface area contributed by atoms with Gasteiger partial charge in [0, 0.05) is 12.6 Å². The molecule has 0 amide bonds. The second-order valence-corrected chi connectivity index (χ2v) is 6.16. The van der Waals surface area contributed by atoms with E-state index < -0.39 is 9.84 Å². The molecule has 1 fully saturated rings. The summed E-state index contributed by atoms with van der Waals surface area (Å²) >= 11 is 0. The first kappa shape index (κ1) is 11.4. The van der Waals surface area contributed by atoms with Crippen LogP contribution in [-0.2, 0) is 16.4 Å². The summed E-state index contributed by atoms with van der Waals surface area (Å²) in [6, 6.07) is 7.85. The van der Waals surface area contributed by atoms with Gasteiger partial charge in [0.25, 0.3) is 0 Å². The molecule has 0 saturated carbocycles. The van der Waals surface area contributed by atoms with Crippen LogP contribution in [0.4, 0.5) is 0 Å². The molecule has 1 aliphatic rings. The number of rotatable bonds is 4. The molecule has 4 nitrogen and oxygen atoms in total. The Kier molecular flexibility index (Phi) is 3.16. The van der Waals surface area contributed by atoms with Crippen LogP contribution >= 0.6 is 0 Å². The number of hydrogen-bond donors (Lipinski definition) is 1. The first-order chi connectivity index (χ1) is 7.59. The van der Waals surface area contributed by atoms with Crippen molar-refractivity contribution < 1.29 is 13.2 Å². The van der Waals surface area contributed by atoms with E-state index in [0.29, 0.717) is 6.54 Å². The molecule has 0 aromatic heterocycles. The van der Waals surface area contributed by atoms with Crippen molar-refractivity contribution in [2.24, 2.45) is 0 Å². The maximum absolute atomic E-state index is 10.9. The highest BCUT2D eigenvalue weighted by Crippen LogP contribution is 2.14. The van der Waals surface area contributed by atoms with Gasteiger partial charge in [-0.15, -0.1) is 0 Å². The van der Waals surface area contributed by atoms with Crippen LogP contribution < -0.4 is 10.1 Å². The van der Waals surface area contributed by atoms with Gasteiger partial charge >= 0.3 is 0 Å². The van der Waals surface area contributed by atoms with Crippen molar-refractivity contribution in [2.75, 3.05) is 18.6 Å². The van der Waals surface area contributed by atoms with Gasteiger partial charge in [0.05, 0.1) is 18.6 Å². The Bertz CT molecular complexity index is 458. The van der Waals surface area contributed by atoms with E-state index in [2.05, 4.69) is 5.32 Å². The number of sulfone groups is 1. The van der Waals surface area contributed by atoms with Crippen molar-refractivity contribution in [1.29, 1.82) is 0 Å². The lowest BCUT2D eigenvalue weighted by Crippen LogP contribution is -2.50. The van der Waals surface area contributed by atoms with Crippen LogP contribution in [0.5, 0.6) is 5.75 Å². The fourth-order valence-corrected chi connectivity index (χ4v) is 3.09. The Morgan fingerprint density at radius 1 is 1.44 bits per heavy atom. The number of nitrogens with one attached hydrogen (secondary N) is 1. The summed E-state index contributed by atoms with van der Waals surface area (Å²) in [6.45, 7) is 0.678. The van der Waals surface area contributed by atoms with Gasteiger partial charge in [-0.25, -0.2) is 8.42 Å². The van der Waals surface area contributed by atoms with Gasteiger partial charge < -0.3 is 10.1 Å². The van der Waals surface area contributed by atoms with Crippen LogP contribution in [0.3, 0.4) is 0 Å². The van der Waals surface area contributed by atoms with Crippen molar-refractivity contribution >= 4 is 9.84 Å². The van der Waals surface area contributed by atoms with E-state index >= 15 is 0 Å². The molecule has 88 valence electrons. The molecular formula is C11H15NO3S. The molecule has 2 rings (SSSR count). The molecule has 16 heavy (non-hydrogen) atoms. The third kappa shape index (κ3) is 2.74. The zero-order chi connectivity index (χ0) is 11.6. The Morgan fingerprint density at radius 2 is 2.19 bits per heavy atom. The molecular weight excluding hydrogens is 226 g/mol. The van der Waals surface area contributed by atoms with Gasteiger partial charge in [-0.05, 0) is 17.7 Å². The Balaban J connectivity index is 1.86. The topological polar surface area (TPSA) is 55.4 Å². The van der Waals surface area contributed by atoms with Gasteiger partial charge in [-0.3, -0.25) is 0 Å². The number of methoxy groups -OCH3 is 1. The summed E-state index contributed by atoms with van der Waals surface area (Å²) in [7, 11) is -1.11. The second kappa shape index (κ2) is 4.43. The van der Waals surface area contributed by atoms with Crippen LogP contribution in [0.15, 0.2) is 24.3 Å².